The van der Waals surface area contributed by atoms with Gasteiger partial charge in [0.2, 0.25) is 10.0 Å². The molecule has 0 unspecified atom stereocenters. The molecule has 0 aliphatic heterocycles. The molecule has 0 aliphatic carbocycles. The number of hydrogen-bond donors (Lipinski definition) is 2. The number of nitrogens with one attached hydrogen (secondary N) is 2. The summed E-state index contributed by atoms with van der Waals surface area (Å²) in [6.07, 6.45) is 0. The predicted molar refractivity (Wildman–Crippen MR) is 86.6 cm³/mol. The number of carbonyl (C=O) groups is 1. The van der Waals surface area contributed by atoms with Crippen molar-refractivity contribution in [1.82, 2.24) is 10.3 Å². The van der Waals surface area contributed by atoms with Gasteiger partial charge in [0.05, 0.1) is 11.3 Å². The third kappa shape index (κ3) is 4.14. The minimum atomic E-state index is -3.61. The van der Waals surface area contributed by atoms with Crippen molar-refractivity contribution in [2.75, 3.05) is 5.75 Å². The van der Waals surface area contributed by atoms with Crippen LogP contribution in [-0.4, -0.2) is 20.1 Å². The van der Waals surface area contributed by atoms with Crippen LogP contribution < -0.4 is 10.3 Å². The Kier molecular flexibility index (Phi) is 5.12. The molecule has 2 rings (SSSR count). The minimum Gasteiger partial charge on any atom is -0.274 e. The molecule has 0 saturated heterocycles. The molecule has 5 nitrogen and oxygen atoms in total. The normalized spacial score (nSPS) is 11.3. The van der Waals surface area contributed by atoms with Crippen LogP contribution in [0.3, 0.4) is 0 Å². The SMILES string of the molecule is CCS(=O)(=O)NNC(=O)c1cc(-c2ccccc2)cc(C)c1F. The molecule has 0 fully saturated rings. The first kappa shape index (κ1) is 17.1. The highest BCUT2D eigenvalue weighted by Gasteiger charge is 2.17. The molecule has 2 N–H and O–H groups in total. The fourth-order valence-corrected chi connectivity index (χ4v) is 2.39. The van der Waals surface area contributed by atoms with E-state index in [1.54, 1.807) is 13.0 Å². The van der Waals surface area contributed by atoms with Gasteiger partial charge in [-0.3, -0.25) is 10.2 Å². The van der Waals surface area contributed by atoms with Gasteiger partial charge in [0.25, 0.3) is 5.91 Å². The van der Waals surface area contributed by atoms with Gasteiger partial charge in [-0.15, -0.1) is 4.83 Å². The van der Waals surface area contributed by atoms with Gasteiger partial charge < -0.3 is 0 Å². The highest BCUT2D eigenvalue weighted by atomic mass is 32.2. The number of hydrogen-bond acceptors (Lipinski definition) is 3. The number of sulfonamides is 1. The van der Waals surface area contributed by atoms with Crippen molar-refractivity contribution in [2.24, 2.45) is 0 Å². The van der Waals surface area contributed by atoms with Crippen molar-refractivity contribution in [2.45, 2.75) is 13.8 Å². The van der Waals surface area contributed by atoms with Gasteiger partial charge in [-0.05, 0) is 42.7 Å². The zero-order chi connectivity index (χ0) is 17.0. The first-order chi connectivity index (χ1) is 10.8. The van der Waals surface area contributed by atoms with E-state index in [0.717, 1.165) is 5.56 Å². The van der Waals surface area contributed by atoms with Gasteiger partial charge >= 0.3 is 0 Å². The van der Waals surface area contributed by atoms with Crippen molar-refractivity contribution in [1.29, 1.82) is 0 Å². The summed E-state index contributed by atoms with van der Waals surface area (Å²) in [7, 11) is -3.61. The number of benzene rings is 2. The van der Waals surface area contributed by atoms with E-state index in [4.69, 9.17) is 0 Å². The summed E-state index contributed by atoms with van der Waals surface area (Å²) >= 11 is 0. The second-order valence-corrected chi connectivity index (χ2v) is 6.99. The molecular weight excluding hydrogens is 319 g/mol. The Balaban J connectivity index is 2.35. The van der Waals surface area contributed by atoms with E-state index in [1.807, 2.05) is 40.6 Å². The summed E-state index contributed by atoms with van der Waals surface area (Å²) < 4.78 is 36.9. The maximum Gasteiger partial charge on any atom is 0.269 e. The summed E-state index contributed by atoms with van der Waals surface area (Å²) in [4.78, 5) is 14.0. The highest BCUT2D eigenvalue weighted by Crippen LogP contribution is 2.24. The van der Waals surface area contributed by atoms with E-state index in [0.29, 0.717) is 11.1 Å². The first-order valence-corrected chi connectivity index (χ1v) is 8.64. The van der Waals surface area contributed by atoms with Crippen LogP contribution in [0.15, 0.2) is 42.5 Å². The summed E-state index contributed by atoms with van der Waals surface area (Å²) in [5.41, 5.74) is 3.61. The second kappa shape index (κ2) is 6.89. The van der Waals surface area contributed by atoms with Gasteiger partial charge in [-0.2, -0.15) is 0 Å². The Morgan fingerprint density at radius 1 is 1.13 bits per heavy atom. The van der Waals surface area contributed by atoms with Gasteiger partial charge in [-0.1, -0.05) is 30.3 Å². The van der Waals surface area contributed by atoms with E-state index < -0.39 is 21.7 Å². The molecule has 7 heteroatoms. The average molecular weight is 336 g/mol. The Bertz CT molecular complexity index is 821. The van der Waals surface area contributed by atoms with Crippen LogP contribution in [0.25, 0.3) is 11.1 Å². The third-order valence-electron chi connectivity index (χ3n) is 3.31. The Morgan fingerprint density at radius 3 is 2.39 bits per heavy atom. The number of carbonyl (C=O) groups excluding carboxylic acids is 1. The van der Waals surface area contributed by atoms with E-state index in [9.17, 15) is 17.6 Å². The zero-order valence-corrected chi connectivity index (χ0v) is 13.6. The Hall–Kier alpha value is -2.25. The second-order valence-electron chi connectivity index (χ2n) is 4.98. The summed E-state index contributed by atoms with van der Waals surface area (Å²) in [6, 6.07) is 12.2. The van der Waals surface area contributed by atoms with Gasteiger partial charge in [0.15, 0.2) is 0 Å². The molecule has 0 spiro atoms. The molecule has 1 amide bonds. The molecule has 0 aliphatic rings. The fraction of sp³-hybridized carbons (Fsp3) is 0.188. The van der Waals surface area contributed by atoms with E-state index in [2.05, 4.69) is 0 Å². The first-order valence-electron chi connectivity index (χ1n) is 6.99. The zero-order valence-electron chi connectivity index (χ0n) is 12.8. The molecule has 0 bridgehead atoms. The van der Waals surface area contributed by atoms with Gasteiger partial charge in [-0.25, -0.2) is 12.8 Å². The molecule has 2 aromatic rings. The molecule has 122 valence electrons. The Labute approximate surface area is 134 Å². The van der Waals surface area contributed by atoms with Crippen molar-refractivity contribution in [3.8, 4) is 11.1 Å². The average Bonchev–Trinajstić information content (AvgIpc) is 2.56. The molecule has 0 atom stereocenters. The van der Waals surface area contributed by atoms with Crippen LogP contribution in [-0.2, 0) is 10.0 Å². The van der Waals surface area contributed by atoms with Gasteiger partial charge in [0, 0.05) is 0 Å². The van der Waals surface area contributed by atoms with Crippen LogP contribution >= 0.6 is 0 Å². The molecule has 2 aromatic carbocycles. The van der Waals surface area contributed by atoms with Crippen molar-refractivity contribution < 1.29 is 17.6 Å². The molecule has 23 heavy (non-hydrogen) atoms. The predicted octanol–water partition coefficient (Wildman–Crippen LogP) is 2.39. The largest absolute Gasteiger partial charge is 0.274 e. The van der Waals surface area contributed by atoms with Gasteiger partial charge in [0.1, 0.15) is 5.82 Å². The topological polar surface area (TPSA) is 75.3 Å². The van der Waals surface area contributed by atoms with Crippen molar-refractivity contribution >= 4 is 15.9 Å². The van der Waals surface area contributed by atoms with E-state index >= 15 is 0 Å². The maximum absolute atomic E-state index is 14.2. The van der Waals surface area contributed by atoms with Crippen molar-refractivity contribution in [3.63, 3.8) is 0 Å². The quantitative estimate of drug-likeness (QED) is 0.823. The molecule has 0 heterocycles. The molecule has 0 saturated carbocycles. The lowest BCUT2D eigenvalue weighted by atomic mass is 9.99. The van der Waals surface area contributed by atoms with Crippen LogP contribution in [0.5, 0.6) is 0 Å². The monoisotopic (exact) mass is 336 g/mol. The molecule has 0 aromatic heterocycles. The van der Waals surface area contributed by atoms with Crippen LogP contribution in [0.2, 0.25) is 0 Å². The summed E-state index contributed by atoms with van der Waals surface area (Å²) in [5, 5.41) is 0. The van der Waals surface area contributed by atoms with Crippen molar-refractivity contribution in [3.05, 3.63) is 59.4 Å². The van der Waals surface area contributed by atoms with Crippen LogP contribution in [0.1, 0.15) is 22.8 Å². The number of hydrazine groups is 1. The lowest BCUT2D eigenvalue weighted by Gasteiger charge is -2.11. The van der Waals surface area contributed by atoms with E-state index in [1.165, 1.54) is 13.0 Å². The fourth-order valence-electron chi connectivity index (χ4n) is 2.00. The standard InChI is InChI=1S/C16H17FN2O3S/c1-3-23(21,22)19-18-16(20)14-10-13(9-11(2)15(14)17)12-7-5-4-6-8-12/h4-10,19H,3H2,1-2H3,(H,18,20). The minimum absolute atomic E-state index is 0.196. The lowest BCUT2D eigenvalue weighted by molar-refractivity contribution is 0.0941. The summed E-state index contributed by atoms with van der Waals surface area (Å²) in [6.45, 7) is 2.98. The molecule has 0 radical (unpaired) electrons. The van der Waals surface area contributed by atoms with E-state index in [-0.39, 0.29) is 11.3 Å². The third-order valence-corrected chi connectivity index (χ3v) is 4.48. The lowest BCUT2D eigenvalue weighted by Crippen LogP contribution is -2.42. The number of aryl methyl sites for hydroxylation is 1. The smallest absolute Gasteiger partial charge is 0.269 e. The maximum atomic E-state index is 14.2. The van der Waals surface area contributed by atoms with Crippen LogP contribution in [0.4, 0.5) is 4.39 Å². The highest BCUT2D eigenvalue weighted by molar-refractivity contribution is 7.89. The number of rotatable bonds is 5. The molecular formula is C16H17FN2O3S. The number of halogens is 1. The summed E-state index contributed by atoms with van der Waals surface area (Å²) in [5.74, 6) is -1.72. The number of amides is 1. The van der Waals surface area contributed by atoms with Crippen LogP contribution in [0, 0.1) is 12.7 Å². The Morgan fingerprint density at radius 2 is 1.78 bits per heavy atom.